The number of carboxylic acid groups (broad SMARTS) is 1. The molecule has 0 spiro atoms. The fraction of sp³-hybridized carbons (Fsp3) is 0.300. The number of benzene rings is 1. The summed E-state index contributed by atoms with van der Waals surface area (Å²) < 4.78 is 22.0. The predicted molar refractivity (Wildman–Crippen MR) is 57.0 cm³/mol. The second kappa shape index (κ2) is 3.79. The summed E-state index contributed by atoms with van der Waals surface area (Å²) in [6, 6.07) is 4.94. The molecule has 0 unspecified atom stereocenters. The summed E-state index contributed by atoms with van der Waals surface area (Å²) in [7, 11) is -4.02. The standard InChI is InChI=1S/C10H12O5S/c1-10(2,9(12)13)16(14,15)8-5-3-4-7(11)6-8/h3-6,11H,1-2H3,(H,12,13). The van der Waals surface area contributed by atoms with Gasteiger partial charge in [0.25, 0.3) is 0 Å². The van der Waals surface area contributed by atoms with Gasteiger partial charge in [0.1, 0.15) is 5.75 Å². The minimum Gasteiger partial charge on any atom is -0.508 e. The molecule has 0 aliphatic carbocycles. The van der Waals surface area contributed by atoms with E-state index in [4.69, 9.17) is 10.2 Å². The van der Waals surface area contributed by atoms with Crippen LogP contribution in [0, 0.1) is 0 Å². The number of hydrogen-bond donors (Lipinski definition) is 2. The topological polar surface area (TPSA) is 91.7 Å². The molecule has 88 valence electrons. The van der Waals surface area contributed by atoms with Crippen LogP contribution in [0.15, 0.2) is 29.2 Å². The number of phenolic OH excluding ortho intramolecular Hbond substituents is 1. The molecule has 0 saturated heterocycles. The quantitative estimate of drug-likeness (QED) is 0.828. The molecule has 5 nitrogen and oxygen atoms in total. The molecular formula is C10H12O5S. The van der Waals surface area contributed by atoms with Gasteiger partial charge < -0.3 is 10.2 Å². The lowest BCUT2D eigenvalue weighted by molar-refractivity contribution is -0.139. The Bertz CT molecular complexity index is 516. The van der Waals surface area contributed by atoms with Crippen LogP contribution in [0.3, 0.4) is 0 Å². The van der Waals surface area contributed by atoms with Gasteiger partial charge in [-0.1, -0.05) is 6.07 Å². The van der Waals surface area contributed by atoms with Gasteiger partial charge in [-0.15, -0.1) is 0 Å². The average Bonchev–Trinajstić information content (AvgIpc) is 2.17. The molecule has 0 bridgehead atoms. The van der Waals surface area contributed by atoms with E-state index in [-0.39, 0.29) is 10.6 Å². The van der Waals surface area contributed by atoms with Gasteiger partial charge >= 0.3 is 5.97 Å². The molecule has 0 fully saturated rings. The van der Waals surface area contributed by atoms with Crippen LogP contribution in [-0.2, 0) is 14.6 Å². The van der Waals surface area contributed by atoms with E-state index in [0.717, 1.165) is 19.9 Å². The van der Waals surface area contributed by atoms with Gasteiger partial charge in [-0.2, -0.15) is 0 Å². The van der Waals surface area contributed by atoms with E-state index in [9.17, 15) is 13.2 Å². The summed E-state index contributed by atoms with van der Waals surface area (Å²) in [5, 5.41) is 18.0. The van der Waals surface area contributed by atoms with E-state index in [0.29, 0.717) is 0 Å². The van der Waals surface area contributed by atoms with E-state index in [2.05, 4.69) is 0 Å². The minimum atomic E-state index is -4.02. The van der Waals surface area contributed by atoms with E-state index in [1.807, 2.05) is 0 Å². The fourth-order valence-electron chi connectivity index (χ4n) is 1.06. The summed E-state index contributed by atoms with van der Waals surface area (Å²) in [5.41, 5.74) is 0. The molecule has 16 heavy (non-hydrogen) atoms. The first-order chi connectivity index (χ1) is 7.19. The maximum Gasteiger partial charge on any atom is 0.324 e. The van der Waals surface area contributed by atoms with Crippen LogP contribution in [0.5, 0.6) is 5.75 Å². The lowest BCUT2D eigenvalue weighted by Gasteiger charge is -2.19. The van der Waals surface area contributed by atoms with E-state index >= 15 is 0 Å². The average molecular weight is 244 g/mol. The molecular weight excluding hydrogens is 232 g/mol. The van der Waals surface area contributed by atoms with Crippen molar-refractivity contribution in [2.75, 3.05) is 0 Å². The highest BCUT2D eigenvalue weighted by molar-refractivity contribution is 7.93. The van der Waals surface area contributed by atoms with Crippen molar-refractivity contribution < 1.29 is 23.4 Å². The largest absolute Gasteiger partial charge is 0.508 e. The Morgan fingerprint density at radius 3 is 2.31 bits per heavy atom. The zero-order valence-electron chi connectivity index (χ0n) is 8.84. The zero-order chi connectivity index (χ0) is 12.6. The van der Waals surface area contributed by atoms with Crippen molar-refractivity contribution in [3.8, 4) is 5.75 Å². The van der Waals surface area contributed by atoms with Crippen molar-refractivity contribution in [3.05, 3.63) is 24.3 Å². The molecule has 1 aromatic carbocycles. The van der Waals surface area contributed by atoms with Crippen molar-refractivity contribution >= 4 is 15.8 Å². The van der Waals surface area contributed by atoms with Crippen LogP contribution >= 0.6 is 0 Å². The highest BCUT2D eigenvalue weighted by Crippen LogP contribution is 2.27. The van der Waals surface area contributed by atoms with Crippen molar-refractivity contribution in [3.63, 3.8) is 0 Å². The molecule has 0 atom stereocenters. The summed E-state index contributed by atoms with van der Waals surface area (Å²) in [5.74, 6) is -1.65. The molecule has 1 rings (SSSR count). The lowest BCUT2D eigenvalue weighted by Crippen LogP contribution is -2.40. The Morgan fingerprint density at radius 1 is 1.31 bits per heavy atom. The Balaban J connectivity index is 3.39. The number of phenols is 1. The van der Waals surface area contributed by atoms with Gasteiger partial charge in [0.2, 0.25) is 0 Å². The molecule has 1 aromatic rings. The van der Waals surface area contributed by atoms with Crippen molar-refractivity contribution in [2.45, 2.75) is 23.5 Å². The highest BCUT2D eigenvalue weighted by Gasteiger charge is 2.43. The number of hydrogen-bond acceptors (Lipinski definition) is 4. The summed E-state index contributed by atoms with van der Waals surface area (Å²) in [4.78, 5) is 10.7. The second-order valence-corrected chi connectivity index (χ2v) is 6.32. The molecule has 0 heterocycles. The normalized spacial score (nSPS) is 12.4. The van der Waals surface area contributed by atoms with Crippen LogP contribution in [0.4, 0.5) is 0 Å². The van der Waals surface area contributed by atoms with Crippen LogP contribution < -0.4 is 0 Å². The Hall–Kier alpha value is -1.56. The maximum absolute atomic E-state index is 12.0. The first-order valence-electron chi connectivity index (χ1n) is 4.46. The molecule has 0 aliphatic rings. The van der Waals surface area contributed by atoms with Crippen LogP contribution in [0.1, 0.15) is 13.8 Å². The Morgan fingerprint density at radius 2 is 1.88 bits per heavy atom. The molecule has 2 N–H and O–H groups in total. The molecule has 0 saturated carbocycles. The number of aromatic hydroxyl groups is 1. The zero-order valence-corrected chi connectivity index (χ0v) is 9.65. The number of rotatable bonds is 3. The molecule has 0 aliphatic heterocycles. The van der Waals surface area contributed by atoms with E-state index in [1.54, 1.807) is 0 Å². The molecule has 0 amide bonds. The number of carbonyl (C=O) groups is 1. The van der Waals surface area contributed by atoms with Gasteiger partial charge in [-0.25, -0.2) is 8.42 Å². The Labute approximate surface area is 93.3 Å². The fourth-order valence-corrected chi connectivity index (χ4v) is 2.41. The Kier molecular flexibility index (Phi) is 2.96. The summed E-state index contributed by atoms with van der Waals surface area (Å²) >= 11 is 0. The third kappa shape index (κ3) is 1.88. The van der Waals surface area contributed by atoms with Crippen LogP contribution in [0.2, 0.25) is 0 Å². The molecule has 0 aromatic heterocycles. The highest BCUT2D eigenvalue weighted by atomic mass is 32.2. The molecule has 6 heteroatoms. The molecule has 0 radical (unpaired) electrons. The number of sulfone groups is 1. The van der Waals surface area contributed by atoms with Crippen LogP contribution in [-0.4, -0.2) is 29.3 Å². The van der Waals surface area contributed by atoms with Crippen molar-refractivity contribution in [1.29, 1.82) is 0 Å². The van der Waals surface area contributed by atoms with Gasteiger partial charge in [0.05, 0.1) is 4.90 Å². The monoisotopic (exact) mass is 244 g/mol. The lowest BCUT2D eigenvalue weighted by atomic mass is 10.2. The first kappa shape index (κ1) is 12.5. The predicted octanol–water partition coefficient (Wildman–Crippen LogP) is 1.03. The van der Waals surface area contributed by atoms with Crippen molar-refractivity contribution in [1.82, 2.24) is 0 Å². The van der Waals surface area contributed by atoms with E-state index in [1.165, 1.54) is 18.2 Å². The third-order valence-corrected chi connectivity index (χ3v) is 4.71. The maximum atomic E-state index is 12.0. The number of carboxylic acids is 1. The second-order valence-electron chi connectivity index (χ2n) is 3.82. The third-order valence-electron chi connectivity index (χ3n) is 2.31. The van der Waals surface area contributed by atoms with Gasteiger partial charge in [-0.05, 0) is 32.0 Å². The minimum absolute atomic E-state index is 0.208. The smallest absolute Gasteiger partial charge is 0.324 e. The summed E-state index contributed by atoms with van der Waals surface area (Å²) in [6.07, 6.45) is 0. The van der Waals surface area contributed by atoms with Gasteiger partial charge in [0.15, 0.2) is 14.6 Å². The SMILES string of the molecule is CC(C)(C(=O)O)S(=O)(=O)c1cccc(O)c1. The van der Waals surface area contributed by atoms with Gasteiger partial charge in [0, 0.05) is 0 Å². The van der Waals surface area contributed by atoms with Crippen LogP contribution in [0.25, 0.3) is 0 Å². The summed E-state index contributed by atoms with van der Waals surface area (Å²) in [6.45, 7) is 2.21. The first-order valence-corrected chi connectivity index (χ1v) is 5.95. The van der Waals surface area contributed by atoms with Gasteiger partial charge in [-0.3, -0.25) is 4.79 Å². The van der Waals surface area contributed by atoms with E-state index < -0.39 is 20.6 Å². The van der Waals surface area contributed by atoms with Crippen molar-refractivity contribution in [2.24, 2.45) is 0 Å². The number of aliphatic carboxylic acids is 1.